The Morgan fingerprint density at radius 3 is 2.47 bits per heavy atom. The lowest BCUT2D eigenvalue weighted by molar-refractivity contribution is -0.136. The first-order valence-corrected chi connectivity index (χ1v) is 6.35. The number of hydrogen-bond acceptors (Lipinski definition) is 4. The molecule has 0 spiro atoms. The number of rotatable bonds is 7. The number of aliphatic hydroxyl groups excluding tert-OH is 2. The third-order valence-electron chi connectivity index (χ3n) is 2.24. The first kappa shape index (κ1) is 14.0. The molecular formula is C12H16O4S. The van der Waals surface area contributed by atoms with E-state index in [1.807, 2.05) is 30.3 Å². The molecule has 5 heteroatoms. The summed E-state index contributed by atoms with van der Waals surface area (Å²) in [5.74, 6) is -0.677. The molecule has 0 radical (unpaired) electrons. The molecule has 3 N–H and O–H groups in total. The second-order valence-electron chi connectivity index (χ2n) is 3.69. The van der Waals surface area contributed by atoms with Gasteiger partial charge < -0.3 is 15.3 Å². The zero-order valence-electron chi connectivity index (χ0n) is 9.32. The molecule has 1 aromatic rings. The summed E-state index contributed by atoms with van der Waals surface area (Å²) in [4.78, 5) is 11.0. The molecular weight excluding hydrogens is 240 g/mol. The van der Waals surface area contributed by atoms with Gasteiger partial charge >= 0.3 is 5.97 Å². The fourth-order valence-electron chi connectivity index (χ4n) is 1.33. The lowest BCUT2D eigenvalue weighted by Gasteiger charge is -2.14. The second-order valence-corrected chi connectivity index (χ2v) is 4.92. The Hall–Kier alpha value is -1.04. The predicted molar refractivity (Wildman–Crippen MR) is 67.1 cm³/mol. The van der Waals surface area contributed by atoms with Gasteiger partial charge in [0.15, 0.2) is 0 Å². The van der Waals surface area contributed by atoms with Gasteiger partial charge in [-0.05, 0) is 12.0 Å². The smallest absolute Gasteiger partial charge is 0.316 e. The van der Waals surface area contributed by atoms with Crippen molar-refractivity contribution >= 4 is 17.7 Å². The molecule has 0 saturated heterocycles. The number of thioether (sulfide) groups is 1. The third-order valence-corrected chi connectivity index (χ3v) is 3.59. The Kier molecular flexibility index (Phi) is 6.04. The summed E-state index contributed by atoms with van der Waals surface area (Å²) < 4.78 is 0. The molecule has 0 heterocycles. The van der Waals surface area contributed by atoms with E-state index in [-0.39, 0.29) is 12.4 Å². The number of carbonyl (C=O) groups is 1. The summed E-state index contributed by atoms with van der Waals surface area (Å²) in [6, 6.07) is 9.35. The Bertz CT molecular complexity index is 342. The molecule has 17 heavy (non-hydrogen) atoms. The largest absolute Gasteiger partial charge is 0.480 e. The SMILES string of the molecule is O=C(O)C(Cc1ccccc1)SCC(O)CO. The van der Waals surface area contributed by atoms with Gasteiger partial charge in [0.05, 0.1) is 12.7 Å². The minimum atomic E-state index is -0.899. The molecule has 1 aromatic carbocycles. The number of carboxylic acids is 1. The van der Waals surface area contributed by atoms with Crippen LogP contribution >= 0.6 is 11.8 Å². The Balaban J connectivity index is 2.52. The van der Waals surface area contributed by atoms with Crippen LogP contribution in [-0.4, -0.2) is 45.0 Å². The Labute approximate surface area is 104 Å². The molecule has 0 aromatic heterocycles. The second kappa shape index (κ2) is 7.32. The van der Waals surface area contributed by atoms with Crippen LogP contribution in [0.25, 0.3) is 0 Å². The summed E-state index contributed by atoms with van der Waals surface area (Å²) in [7, 11) is 0. The first-order valence-electron chi connectivity index (χ1n) is 5.30. The van der Waals surface area contributed by atoms with E-state index < -0.39 is 17.3 Å². The van der Waals surface area contributed by atoms with E-state index in [1.165, 1.54) is 0 Å². The van der Waals surface area contributed by atoms with E-state index in [2.05, 4.69) is 0 Å². The fourth-order valence-corrected chi connectivity index (χ4v) is 2.34. The molecule has 2 unspecified atom stereocenters. The van der Waals surface area contributed by atoms with Gasteiger partial charge in [-0.15, -0.1) is 11.8 Å². The van der Waals surface area contributed by atoms with Crippen molar-refractivity contribution in [3.8, 4) is 0 Å². The summed E-state index contributed by atoms with van der Waals surface area (Å²) in [6.45, 7) is -0.343. The van der Waals surface area contributed by atoms with E-state index in [1.54, 1.807) is 0 Å². The maximum absolute atomic E-state index is 11.0. The summed E-state index contributed by atoms with van der Waals surface area (Å²) in [5.41, 5.74) is 0.950. The van der Waals surface area contributed by atoms with Gasteiger partial charge in [-0.25, -0.2) is 0 Å². The third kappa shape index (κ3) is 5.21. The van der Waals surface area contributed by atoms with E-state index in [0.29, 0.717) is 6.42 Å². The molecule has 0 aliphatic carbocycles. The lowest BCUT2D eigenvalue weighted by atomic mass is 10.1. The van der Waals surface area contributed by atoms with E-state index in [9.17, 15) is 9.90 Å². The zero-order valence-corrected chi connectivity index (χ0v) is 10.1. The number of hydrogen-bond donors (Lipinski definition) is 3. The molecule has 4 nitrogen and oxygen atoms in total. The normalized spacial score (nSPS) is 14.2. The quantitative estimate of drug-likeness (QED) is 0.671. The van der Waals surface area contributed by atoms with Crippen LogP contribution in [0.2, 0.25) is 0 Å². The van der Waals surface area contributed by atoms with Crippen molar-refractivity contribution in [1.29, 1.82) is 0 Å². The summed E-state index contributed by atoms with van der Waals surface area (Å²) in [6.07, 6.45) is -0.448. The molecule has 0 aliphatic rings. The lowest BCUT2D eigenvalue weighted by Crippen LogP contribution is -2.24. The molecule has 0 aliphatic heterocycles. The fraction of sp³-hybridized carbons (Fsp3) is 0.417. The topological polar surface area (TPSA) is 77.8 Å². The van der Waals surface area contributed by atoms with E-state index in [0.717, 1.165) is 17.3 Å². The predicted octanol–water partition coefficient (Wildman–Crippen LogP) is 0.769. The molecule has 0 bridgehead atoms. The Morgan fingerprint density at radius 2 is 1.94 bits per heavy atom. The molecule has 94 valence electrons. The highest BCUT2D eigenvalue weighted by molar-refractivity contribution is 8.00. The van der Waals surface area contributed by atoms with Crippen molar-refractivity contribution in [2.24, 2.45) is 0 Å². The molecule has 0 saturated carbocycles. The molecule has 0 fully saturated rings. The number of aliphatic hydroxyl groups is 2. The standard InChI is InChI=1S/C12H16O4S/c13-7-10(14)8-17-11(12(15)16)6-9-4-2-1-3-5-9/h1-5,10-11,13-14H,6-8H2,(H,15,16). The van der Waals surface area contributed by atoms with Crippen LogP contribution in [0.4, 0.5) is 0 Å². The van der Waals surface area contributed by atoms with Crippen LogP contribution in [0.5, 0.6) is 0 Å². The van der Waals surface area contributed by atoms with Crippen molar-refractivity contribution in [3.05, 3.63) is 35.9 Å². The maximum atomic E-state index is 11.0. The number of aliphatic carboxylic acids is 1. The average Bonchev–Trinajstić information content (AvgIpc) is 2.34. The molecule has 0 amide bonds. The highest BCUT2D eigenvalue weighted by Crippen LogP contribution is 2.18. The highest BCUT2D eigenvalue weighted by atomic mass is 32.2. The van der Waals surface area contributed by atoms with Crippen LogP contribution in [0.15, 0.2) is 30.3 Å². The van der Waals surface area contributed by atoms with E-state index in [4.69, 9.17) is 10.2 Å². The van der Waals surface area contributed by atoms with Crippen LogP contribution in [0.3, 0.4) is 0 Å². The first-order chi connectivity index (χ1) is 8.13. The maximum Gasteiger partial charge on any atom is 0.316 e. The van der Waals surface area contributed by atoms with Gasteiger partial charge in [-0.1, -0.05) is 30.3 Å². The van der Waals surface area contributed by atoms with Crippen molar-refractivity contribution in [2.75, 3.05) is 12.4 Å². The van der Waals surface area contributed by atoms with Gasteiger partial charge in [-0.3, -0.25) is 4.79 Å². The zero-order chi connectivity index (χ0) is 12.7. The van der Waals surface area contributed by atoms with E-state index >= 15 is 0 Å². The van der Waals surface area contributed by atoms with Crippen LogP contribution in [-0.2, 0) is 11.2 Å². The van der Waals surface area contributed by atoms with Gasteiger partial charge in [-0.2, -0.15) is 0 Å². The monoisotopic (exact) mass is 256 g/mol. The van der Waals surface area contributed by atoms with Crippen LogP contribution in [0.1, 0.15) is 5.56 Å². The van der Waals surface area contributed by atoms with Crippen molar-refractivity contribution in [3.63, 3.8) is 0 Å². The van der Waals surface area contributed by atoms with Gasteiger partial charge in [0, 0.05) is 5.75 Å². The Morgan fingerprint density at radius 1 is 1.29 bits per heavy atom. The molecule has 2 atom stereocenters. The van der Waals surface area contributed by atoms with Crippen molar-refractivity contribution in [2.45, 2.75) is 17.8 Å². The van der Waals surface area contributed by atoms with Gasteiger partial charge in [0.25, 0.3) is 0 Å². The summed E-state index contributed by atoms with van der Waals surface area (Å²) >= 11 is 1.15. The van der Waals surface area contributed by atoms with Crippen LogP contribution < -0.4 is 0 Å². The number of benzene rings is 1. The average molecular weight is 256 g/mol. The van der Waals surface area contributed by atoms with Crippen molar-refractivity contribution < 1.29 is 20.1 Å². The highest BCUT2D eigenvalue weighted by Gasteiger charge is 2.19. The molecule has 1 rings (SSSR count). The number of carboxylic acid groups (broad SMARTS) is 1. The van der Waals surface area contributed by atoms with Crippen molar-refractivity contribution in [1.82, 2.24) is 0 Å². The van der Waals surface area contributed by atoms with Crippen LogP contribution in [0, 0.1) is 0 Å². The minimum absolute atomic E-state index is 0.223. The van der Waals surface area contributed by atoms with Gasteiger partial charge in [0.1, 0.15) is 5.25 Å². The summed E-state index contributed by atoms with van der Waals surface area (Å²) in [5, 5.41) is 26.3. The van der Waals surface area contributed by atoms with Gasteiger partial charge in [0.2, 0.25) is 0 Å². The minimum Gasteiger partial charge on any atom is -0.480 e.